The first-order valence-corrected chi connectivity index (χ1v) is 5.47. The lowest BCUT2D eigenvalue weighted by Crippen LogP contribution is -2.23. The van der Waals surface area contributed by atoms with Gasteiger partial charge < -0.3 is 4.74 Å². The van der Waals surface area contributed by atoms with Gasteiger partial charge in [-0.2, -0.15) is 0 Å². The molecular formula is C13H16FO. The van der Waals surface area contributed by atoms with E-state index in [9.17, 15) is 4.39 Å². The summed E-state index contributed by atoms with van der Waals surface area (Å²) >= 11 is 0. The second-order valence-electron chi connectivity index (χ2n) is 3.98. The van der Waals surface area contributed by atoms with Crippen molar-refractivity contribution in [3.05, 3.63) is 42.3 Å². The van der Waals surface area contributed by atoms with E-state index in [1.165, 1.54) is 0 Å². The van der Waals surface area contributed by atoms with Crippen molar-refractivity contribution < 1.29 is 9.13 Å². The van der Waals surface area contributed by atoms with Crippen molar-refractivity contribution in [3.8, 4) is 0 Å². The predicted octanol–water partition coefficient (Wildman–Crippen LogP) is 3.30. The van der Waals surface area contributed by atoms with E-state index < -0.39 is 6.17 Å². The van der Waals surface area contributed by atoms with Crippen LogP contribution in [0.3, 0.4) is 0 Å². The number of rotatable bonds is 3. The van der Waals surface area contributed by atoms with Crippen LogP contribution in [0.4, 0.5) is 4.39 Å². The molecule has 0 aromatic heterocycles. The average Bonchev–Trinajstić information content (AvgIpc) is 2.28. The molecule has 15 heavy (non-hydrogen) atoms. The smallest absolute Gasteiger partial charge is 0.106 e. The SMILES string of the molecule is FC1[CH]CCC(OCc2ccccc2)C1. The second kappa shape index (κ2) is 5.26. The molecule has 1 aliphatic carbocycles. The Morgan fingerprint density at radius 2 is 2.07 bits per heavy atom. The van der Waals surface area contributed by atoms with E-state index >= 15 is 0 Å². The molecule has 2 unspecified atom stereocenters. The Kier molecular flexibility index (Phi) is 3.73. The number of hydrogen-bond acceptors (Lipinski definition) is 1. The molecule has 0 N–H and O–H groups in total. The molecule has 2 atom stereocenters. The van der Waals surface area contributed by atoms with Crippen LogP contribution in [0.5, 0.6) is 0 Å². The molecule has 1 saturated carbocycles. The van der Waals surface area contributed by atoms with Gasteiger partial charge in [0.05, 0.1) is 12.7 Å². The fraction of sp³-hybridized carbons (Fsp3) is 0.462. The number of alkyl halides is 1. The zero-order valence-electron chi connectivity index (χ0n) is 8.73. The third kappa shape index (κ3) is 3.31. The molecule has 1 fully saturated rings. The molecule has 0 spiro atoms. The van der Waals surface area contributed by atoms with Gasteiger partial charge in [-0.15, -0.1) is 0 Å². The first kappa shape index (κ1) is 10.6. The summed E-state index contributed by atoms with van der Waals surface area (Å²) in [5.41, 5.74) is 1.16. The van der Waals surface area contributed by atoms with Gasteiger partial charge in [-0.3, -0.25) is 0 Å². The molecule has 1 aromatic rings. The Hall–Kier alpha value is -0.890. The van der Waals surface area contributed by atoms with E-state index in [4.69, 9.17) is 4.74 Å². The topological polar surface area (TPSA) is 9.23 Å². The van der Waals surface area contributed by atoms with Crippen molar-refractivity contribution in [2.24, 2.45) is 0 Å². The van der Waals surface area contributed by atoms with Crippen LogP contribution in [0, 0.1) is 6.42 Å². The summed E-state index contributed by atoms with van der Waals surface area (Å²) in [5, 5.41) is 0. The lowest BCUT2D eigenvalue weighted by Gasteiger charge is -2.24. The van der Waals surface area contributed by atoms with Crippen molar-refractivity contribution in [1.29, 1.82) is 0 Å². The molecular weight excluding hydrogens is 191 g/mol. The first-order chi connectivity index (χ1) is 7.34. The van der Waals surface area contributed by atoms with Crippen molar-refractivity contribution in [1.82, 2.24) is 0 Å². The highest BCUT2D eigenvalue weighted by atomic mass is 19.1. The highest BCUT2D eigenvalue weighted by molar-refractivity contribution is 5.13. The molecule has 0 saturated heterocycles. The van der Waals surface area contributed by atoms with Crippen molar-refractivity contribution in [3.63, 3.8) is 0 Å². The van der Waals surface area contributed by atoms with E-state index in [1.54, 1.807) is 6.42 Å². The molecule has 81 valence electrons. The molecule has 1 radical (unpaired) electrons. The van der Waals surface area contributed by atoms with Crippen LogP contribution in [-0.4, -0.2) is 12.3 Å². The zero-order valence-corrected chi connectivity index (χ0v) is 8.73. The van der Waals surface area contributed by atoms with Crippen molar-refractivity contribution in [2.45, 2.75) is 38.1 Å². The summed E-state index contributed by atoms with van der Waals surface area (Å²) in [6.07, 6.45) is 3.35. The Labute approximate surface area is 90.3 Å². The minimum atomic E-state index is -0.778. The number of benzene rings is 1. The third-order valence-corrected chi connectivity index (χ3v) is 2.73. The highest BCUT2D eigenvalue weighted by Gasteiger charge is 2.21. The lowest BCUT2D eigenvalue weighted by atomic mass is 9.96. The molecule has 0 heterocycles. The van der Waals surface area contributed by atoms with E-state index in [1.807, 2.05) is 30.3 Å². The normalized spacial score (nSPS) is 26.5. The van der Waals surface area contributed by atoms with Gasteiger partial charge in [-0.25, -0.2) is 4.39 Å². The van der Waals surface area contributed by atoms with Crippen LogP contribution in [0.2, 0.25) is 0 Å². The summed E-state index contributed by atoms with van der Waals surface area (Å²) in [6.45, 7) is 0.595. The minimum absolute atomic E-state index is 0.0882. The summed E-state index contributed by atoms with van der Waals surface area (Å²) < 4.78 is 18.7. The largest absolute Gasteiger partial charge is 0.373 e. The molecule has 0 amide bonds. The molecule has 1 nitrogen and oxygen atoms in total. The van der Waals surface area contributed by atoms with Crippen LogP contribution >= 0.6 is 0 Å². The molecule has 1 aromatic carbocycles. The van der Waals surface area contributed by atoms with Crippen LogP contribution < -0.4 is 0 Å². The number of ether oxygens (including phenoxy) is 1. The summed E-state index contributed by atoms with van der Waals surface area (Å²) in [4.78, 5) is 0. The van der Waals surface area contributed by atoms with Gasteiger partial charge in [0.25, 0.3) is 0 Å². The van der Waals surface area contributed by atoms with E-state index in [0.717, 1.165) is 18.4 Å². The maximum Gasteiger partial charge on any atom is 0.106 e. The van der Waals surface area contributed by atoms with Crippen LogP contribution in [0.15, 0.2) is 30.3 Å². The second-order valence-corrected chi connectivity index (χ2v) is 3.98. The zero-order chi connectivity index (χ0) is 10.5. The molecule has 0 bridgehead atoms. The van der Waals surface area contributed by atoms with E-state index in [-0.39, 0.29) is 6.10 Å². The Bertz CT molecular complexity index is 286. The predicted molar refractivity (Wildman–Crippen MR) is 58.1 cm³/mol. The van der Waals surface area contributed by atoms with Crippen molar-refractivity contribution >= 4 is 0 Å². The van der Waals surface area contributed by atoms with E-state index in [2.05, 4.69) is 0 Å². The van der Waals surface area contributed by atoms with Gasteiger partial charge in [0.1, 0.15) is 6.17 Å². The van der Waals surface area contributed by atoms with Crippen LogP contribution in [0.25, 0.3) is 0 Å². The van der Waals surface area contributed by atoms with Crippen LogP contribution in [-0.2, 0) is 11.3 Å². The highest BCUT2D eigenvalue weighted by Crippen LogP contribution is 2.23. The molecule has 2 rings (SSSR count). The molecule has 1 aliphatic rings. The van der Waals surface area contributed by atoms with Gasteiger partial charge >= 0.3 is 0 Å². The fourth-order valence-electron chi connectivity index (χ4n) is 1.87. The molecule has 0 aliphatic heterocycles. The van der Waals surface area contributed by atoms with Gasteiger partial charge in [0, 0.05) is 6.42 Å². The monoisotopic (exact) mass is 207 g/mol. The van der Waals surface area contributed by atoms with Crippen LogP contribution in [0.1, 0.15) is 24.8 Å². The lowest BCUT2D eigenvalue weighted by molar-refractivity contribution is 0.00703. The van der Waals surface area contributed by atoms with Crippen molar-refractivity contribution in [2.75, 3.05) is 0 Å². The fourth-order valence-corrected chi connectivity index (χ4v) is 1.87. The maximum absolute atomic E-state index is 13.0. The molecule has 2 heteroatoms. The minimum Gasteiger partial charge on any atom is -0.373 e. The first-order valence-electron chi connectivity index (χ1n) is 5.47. The maximum atomic E-state index is 13.0. The summed E-state index contributed by atoms with van der Waals surface area (Å²) in [7, 11) is 0. The van der Waals surface area contributed by atoms with Gasteiger partial charge in [0.15, 0.2) is 0 Å². The Balaban J connectivity index is 1.78. The van der Waals surface area contributed by atoms with E-state index in [0.29, 0.717) is 13.0 Å². The summed E-state index contributed by atoms with van der Waals surface area (Å²) in [6, 6.07) is 10.0. The Morgan fingerprint density at radius 1 is 1.27 bits per heavy atom. The van der Waals surface area contributed by atoms with Gasteiger partial charge in [0.2, 0.25) is 0 Å². The average molecular weight is 207 g/mol. The van der Waals surface area contributed by atoms with Gasteiger partial charge in [-0.05, 0) is 24.8 Å². The number of halogens is 1. The summed E-state index contributed by atoms with van der Waals surface area (Å²) in [5.74, 6) is 0. The standard InChI is InChI=1S/C13H16FO/c14-12-7-4-8-13(9-12)15-10-11-5-2-1-3-6-11/h1-3,5-7,12-13H,4,8-10H2. The quantitative estimate of drug-likeness (QED) is 0.739. The number of hydrogen-bond donors (Lipinski definition) is 0. The third-order valence-electron chi connectivity index (χ3n) is 2.73. The van der Waals surface area contributed by atoms with Gasteiger partial charge in [-0.1, -0.05) is 30.3 Å². The Morgan fingerprint density at radius 3 is 2.80 bits per heavy atom.